The van der Waals surface area contributed by atoms with Gasteiger partial charge in [0, 0.05) is 18.8 Å². The number of benzene rings is 2. The largest absolute Gasteiger partial charge is 0.478 e. The molecule has 0 saturated carbocycles. The number of H-pyrrole nitrogens is 1. The Labute approximate surface area is 187 Å². The van der Waals surface area contributed by atoms with Gasteiger partial charge in [0.25, 0.3) is 0 Å². The number of aryl methyl sites for hydroxylation is 1. The van der Waals surface area contributed by atoms with Gasteiger partial charge in [0.2, 0.25) is 0 Å². The Bertz CT molecular complexity index is 1060. The number of carboxylic acids is 1. The van der Waals surface area contributed by atoms with Crippen molar-refractivity contribution >= 4 is 30.6 Å². The molecule has 3 N–H and O–H groups in total. The molecule has 0 fully saturated rings. The van der Waals surface area contributed by atoms with E-state index in [2.05, 4.69) is 39.1 Å². The van der Waals surface area contributed by atoms with E-state index in [0.29, 0.717) is 11.6 Å². The molecule has 0 bridgehead atoms. The number of aromatic nitrogens is 2. The van der Waals surface area contributed by atoms with E-state index in [1.165, 1.54) is 16.8 Å². The van der Waals surface area contributed by atoms with Crippen molar-refractivity contribution in [2.75, 3.05) is 6.54 Å². The molecule has 0 aliphatic heterocycles. The molecule has 158 valence electrons. The van der Waals surface area contributed by atoms with E-state index in [9.17, 15) is 4.79 Å². The second-order valence-corrected chi connectivity index (χ2v) is 7.94. The van der Waals surface area contributed by atoms with E-state index < -0.39 is 5.97 Å². The molecular formula is C23H26ClN3O2S. The number of carbonyl (C=O) groups is 1. The van der Waals surface area contributed by atoms with Crippen LogP contribution < -0.4 is 5.32 Å². The highest BCUT2D eigenvalue weighted by atomic mass is 35.5. The van der Waals surface area contributed by atoms with Crippen LogP contribution in [-0.2, 0) is 25.8 Å². The van der Waals surface area contributed by atoms with E-state index in [1.54, 1.807) is 12.1 Å². The molecule has 5 nitrogen and oxygen atoms in total. The van der Waals surface area contributed by atoms with E-state index >= 15 is 0 Å². The Balaban J connectivity index is 0.00000256. The molecule has 0 radical (unpaired) electrons. The summed E-state index contributed by atoms with van der Waals surface area (Å²) in [5.41, 5.74) is 5.51. The molecule has 2 aromatic carbocycles. The topological polar surface area (TPSA) is 70.1 Å². The second-order valence-electron chi connectivity index (χ2n) is 7.55. The standard InChI is InChI=1S/C23H25N3O2S.ClH/c27-22(28)18-7-5-16(6-8-18)11-12-24-14-21-15-25-23(29)26(21)20-10-9-17-3-1-2-4-19(17)13-20;/h1-8,15,20,24H,9-14H2,(H,25,29)(H,27,28);1H. The van der Waals surface area contributed by atoms with Gasteiger partial charge >= 0.3 is 5.97 Å². The zero-order valence-electron chi connectivity index (χ0n) is 16.6. The van der Waals surface area contributed by atoms with E-state index in [4.69, 9.17) is 17.3 Å². The summed E-state index contributed by atoms with van der Waals surface area (Å²) in [5.74, 6) is -0.892. The first-order valence-corrected chi connectivity index (χ1v) is 10.4. The second kappa shape index (κ2) is 10.1. The van der Waals surface area contributed by atoms with Crippen molar-refractivity contribution in [1.82, 2.24) is 14.9 Å². The summed E-state index contributed by atoms with van der Waals surface area (Å²) >= 11 is 5.57. The molecule has 1 atom stereocenters. The SMILES string of the molecule is Cl.O=C(O)c1ccc(CCNCc2c[nH]c(=S)n2C2CCc3ccccc3C2)cc1. The number of nitrogens with one attached hydrogen (secondary N) is 2. The molecule has 0 amide bonds. The molecular weight excluding hydrogens is 418 g/mol. The van der Waals surface area contributed by atoms with Crippen molar-refractivity contribution in [1.29, 1.82) is 0 Å². The summed E-state index contributed by atoms with van der Waals surface area (Å²) in [7, 11) is 0. The van der Waals surface area contributed by atoms with Gasteiger partial charge in [-0.1, -0.05) is 36.4 Å². The van der Waals surface area contributed by atoms with Crippen LogP contribution in [0.25, 0.3) is 0 Å². The van der Waals surface area contributed by atoms with E-state index in [1.807, 2.05) is 18.3 Å². The number of halogens is 1. The molecule has 4 rings (SSSR count). The predicted octanol–water partition coefficient (Wildman–Crippen LogP) is 4.73. The van der Waals surface area contributed by atoms with Gasteiger partial charge in [0.15, 0.2) is 4.77 Å². The average Bonchev–Trinajstić information content (AvgIpc) is 3.11. The van der Waals surface area contributed by atoms with Crippen molar-refractivity contribution in [2.24, 2.45) is 0 Å². The van der Waals surface area contributed by atoms with Gasteiger partial charge in [-0.15, -0.1) is 12.4 Å². The lowest BCUT2D eigenvalue weighted by atomic mass is 9.88. The molecule has 1 heterocycles. The number of imidazole rings is 1. The van der Waals surface area contributed by atoms with Gasteiger partial charge < -0.3 is 20.0 Å². The average molecular weight is 444 g/mol. The Morgan fingerprint density at radius 3 is 2.63 bits per heavy atom. The monoisotopic (exact) mass is 443 g/mol. The summed E-state index contributed by atoms with van der Waals surface area (Å²) in [6.07, 6.45) is 6.07. The van der Waals surface area contributed by atoms with Crippen LogP contribution in [0.4, 0.5) is 0 Å². The van der Waals surface area contributed by atoms with E-state index in [0.717, 1.165) is 49.1 Å². The first-order valence-electron chi connectivity index (χ1n) is 10.0. The van der Waals surface area contributed by atoms with Gasteiger partial charge in [0.05, 0.1) is 11.3 Å². The normalized spacial score (nSPS) is 15.3. The van der Waals surface area contributed by atoms with Crippen molar-refractivity contribution in [2.45, 2.75) is 38.3 Å². The maximum atomic E-state index is 10.9. The fourth-order valence-electron chi connectivity index (χ4n) is 4.11. The van der Waals surface area contributed by atoms with Crippen molar-refractivity contribution in [3.8, 4) is 0 Å². The highest BCUT2D eigenvalue weighted by Gasteiger charge is 2.22. The Kier molecular flexibility index (Phi) is 7.48. The summed E-state index contributed by atoms with van der Waals surface area (Å²) < 4.78 is 3.07. The first-order chi connectivity index (χ1) is 14.1. The quantitative estimate of drug-likeness (QED) is 0.364. The summed E-state index contributed by atoms with van der Waals surface area (Å²) in [4.78, 5) is 14.2. The smallest absolute Gasteiger partial charge is 0.335 e. The summed E-state index contributed by atoms with van der Waals surface area (Å²) in [6.45, 7) is 1.57. The predicted molar refractivity (Wildman–Crippen MR) is 123 cm³/mol. The number of fused-ring (bicyclic) bond motifs is 1. The number of aromatic carboxylic acids is 1. The lowest BCUT2D eigenvalue weighted by Gasteiger charge is -2.27. The van der Waals surface area contributed by atoms with Gasteiger partial charge in [-0.2, -0.15) is 0 Å². The van der Waals surface area contributed by atoms with Gasteiger partial charge in [-0.3, -0.25) is 0 Å². The van der Waals surface area contributed by atoms with Gasteiger partial charge in [-0.25, -0.2) is 4.79 Å². The molecule has 1 aromatic heterocycles. The van der Waals surface area contributed by atoms with Crippen LogP contribution in [-0.4, -0.2) is 27.2 Å². The van der Waals surface area contributed by atoms with Crippen LogP contribution in [0.3, 0.4) is 0 Å². The lowest BCUT2D eigenvalue weighted by molar-refractivity contribution is 0.0697. The summed E-state index contributed by atoms with van der Waals surface area (Å²) in [5, 5.41) is 12.5. The highest BCUT2D eigenvalue weighted by molar-refractivity contribution is 7.71. The van der Waals surface area contributed by atoms with Gasteiger partial charge in [-0.05, 0) is 73.3 Å². The van der Waals surface area contributed by atoms with Crippen LogP contribution in [0.2, 0.25) is 0 Å². The Hall–Kier alpha value is -2.41. The van der Waals surface area contributed by atoms with Crippen molar-refractivity contribution in [3.05, 3.63) is 87.4 Å². The van der Waals surface area contributed by atoms with E-state index in [-0.39, 0.29) is 12.4 Å². The molecule has 0 spiro atoms. The third kappa shape index (κ3) is 5.01. The fraction of sp³-hybridized carbons (Fsp3) is 0.304. The molecule has 3 aromatic rings. The molecule has 7 heteroatoms. The minimum absolute atomic E-state index is 0. The Morgan fingerprint density at radius 2 is 1.90 bits per heavy atom. The van der Waals surface area contributed by atoms with Crippen molar-refractivity contribution in [3.63, 3.8) is 0 Å². The maximum absolute atomic E-state index is 10.9. The fourth-order valence-corrected chi connectivity index (χ4v) is 4.44. The number of hydrogen-bond acceptors (Lipinski definition) is 3. The van der Waals surface area contributed by atoms with Crippen LogP contribution in [0.15, 0.2) is 54.7 Å². The summed E-state index contributed by atoms with van der Waals surface area (Å²) in [6, 6.07) is 16.1. The van der Waals surface area contributed by atoms with Gasteiger partial charge in [0.1, 0.15) is 0 Å². The zero-order valence-corrected chi connectivity index (χ0v) is 18.3. The molecule has 0 saturated heterocycles. The Morgan fingerprint density at radius 1 is 1.17 bits per heavy atom. The minimum atomic E-state index is -0.892. The molecule has 1 aliphatic rings. The number of nitrogens with zero attached hydrogens (tertiary/aromatic N) is 1. The minimum Gasteiger partial charge on any atom is -0.478 e. The van der Waals surface area contributed by atoms with Crippen LogP contribution in [0.5, 0.6) is 0 Å². The van der Waals surface area contributed by atoms with Crippen molar-refractivity contribution < 1.29 is 9.90 Å². The first kappa shape index (κ1) is 22.3. The molecule has 1 aliphatic carbocycles. The van der Waals surface area contributed by atoms with Crippen LogP contribution in [0, 0.1) is 4.77 Å². The zero-order chi connectivity index (χ0) is 20.2. The number of aromatic amines is 1. The third-order valence-electron chi connectivity index (χ3n) is 5.67. The third-order valence-corrected chi connectivity index (χ3v) is 5.99. The van der Waals surface area contributed by atoms with Crippen LogP contribution >= 0.6 is 24.6 Å². The molecule has 1 unspecified atom stereocenters. The number of rotatable bonds is 7. The van der Waals surface area contributed by atoms with Crippen LogP contribution in [0.1, 0.15) is 45.2 Å². The lowest BCUT2D eigenvalue weighted by Crippen LogP contribution is -2.24. The highest BCUT2D eigenvalue weighted by Crippen LogP contribution is 2.30. The molecule has 30 heavy (non-hydrogen) atoms. The maximum Gasteiger partial charge on any atom is 0.335 e. The number of carboxylic acid groups (broad SMARTS) is 1. The number of hydrogen-bond donors (Lipinski definition) is 3.